The first-order chi connectivity index (χ1) is 15.9. The summed E-state index contributed by atoms with van der Waals surface area (Å²) in [6.07, 6.45) is -5.28. The largest absolute Gasteiger partial charge is 0.490 e. The minimum atomic E-state index is -5.08. The molecule has 4 fully saturated rings. The van der Waals surface area contributed by atoms with Gasteiger partial charge in [0, 0.05) is 52.4 Å². The summed E-state index contributed by atoms with van der Waals surface area (Å²) in [5, 5.41) is 10.5. The highest BCUT2D eigenvalue weighted by Crippen LogP contribution is 2.16. The van der Waals surface area contributed by atoms with Gasteiger partial charge >= 0.3 is 18.2 Å². The van der Waals surface area contributed by atoms with E-state index in [-0.39, 0.29) is 6.09 Å². The van der Waals surface area contributed by atoms with Crippen molar-refractivity contribution in [2.75, 3.05) is 78.8 Å². The molecule has 34 heavy (non-hydrogen) atoms. The number of hydrogen-bond acceptors (Lipinski definition) is 8. The maximum absolute atomic E-state index is 11.8. The molecule has 0 radical (unpaired) electrons. The number of halogens is 3. The van der Waals surface area contributed by atoms with Crippen LogP contribution in [0.4, 0.5) is 18.0 Å². The van der Waals surface area contributed by atoms with Crippen molar-refractivity contribution in [3.8, 4) is 0 Å². The fraction of sp³-hybridized carbons (Fsp3) is 0.905. The van der Waals surface area contributed by atoms with Crippen LogP contribution in [0.15, 0.2) is 0 Å². The first-order valence-corrected chi connectivity index (χ1v) is 11.5. The van der Waals surface area contributed by atoms with Gasteiger partial charge in [-0.05, 0) is 20.8 Å². The summed E-state index contributed by atoms with van der Waals surface area (Å²) < 4.78 is 47.4. The molecule has 2 N–H and O–H groups in total. The molecule has 0 bridgehead atoms. The summed E-state index contributed by atoms with van der Waals surface area (Å²) in [5.41, 5.74) is -0.407. The van der Waals surface area contributed by atoms with Crippen molar-refractivity contribution in [2.24, 2.45) is 0 Å². The van der Waals surface area contributed by atoms with Gasteiger partial charge < -0.3 is 29.5 Å². The number of aliphatic carboxylic acids is 1. The van der Waals surface area contributed by atoms with Crippen LogP contribution in [0.25, 0.3) is 0 Å². The van der Waals surface area contributed by atoms with Gasteiger partial charge in [0.15, 0.2) is 0 Å². The molecule has 0 spiro atoms. The number of carbonyl (C=O) groups excluding carboxylic acids is 1. The average Bonchev–Trinajstić information content (AvgIpc) is 2.66. The number of nitrogens with one attached hydrogen (secondary N) is 1. The zero-order valence-electron chi connectivity index (χ0n) is 20.1. The monoisotopic (exact) mass is 498 g/mol. The summed E-state index contributed by atoms with van der Waals surface area (Å²) in [4.78, 5) is 27.4. The van der Waals surface area contributed by atoms with Crippen molar-refractivity contribution in [2.45, 2.75) is 44.6 Å². The fourth-order valence-corrected chi connectivity index (χ4v) is 3.51. The molecule has 0 aromatic rings. The van der Waals surface area contributed by atoms with E-state index in [4.69, 9.17) is 24.1 Å². The quantitative estimate of drug-likeness (QED) is 0.574. The highest BCUT2D eigenvalue weighted by Gasteiger charge is 2.38. The number of nitrogens with zero attached hydrogens (tertiary/aromatic N) is 3. The molecule has 0 aromatic carbocycles. The molecule has 4 aliphatic heterocycles. The van der Waals surface area contributed by atoms with Gasteiger partial charge in [-0.25, -0.2) is 9.59 Å². The lowest BCUT2D eigenvalue weighted by molar-refractivity contribution is -0.192. The van der Waals surface area contributed by atoms with Crippen molar-refractivity contribution in [3.63, 3.8) is 0 Å². The Morgan fingerprint density at radius 1 is 0.853 bits per heavy atom. The van der Waals surface area contributed by atoms with E-state index < -0.39 is 17.7 Å². The second-order valence-corrected chi connectivity index (χ2v) is 9.47. The van der Waals surface area contributed by atoms with E-state index in [1.165, 1.54) is 13.1 Å². The average molecular weight is 499 g/mol. The first-order valence-electron chi connectivity index (χ1n) is 11.5. The van der Waals surface area contributed by atoms with Crippen LogP contribution >= 0.6 is 0 Å². The predicted molar refractivity (Wildman–Crippen MR) is 117 cm³/mol. The number of rotatable bonds is 2. The molecule has 198 valence electrons. The number of hydrogen-bond donors (Lipinski definition) is 2. The van der Waals surface area contributed by atoms with Crippen LogP contribution in [0.1, 0.15) is 20.8 Å². The van der Waals surface area contributed by atoms with Crippen LogP contribution in [0.3, 0.4) is 0 Å². The summed E-state index contributed by atoms with van der Waals surface area (Å²) >= 11 is 0. The van der Waals surface area contributed by atoms with Gasteiger partial charge in [0.05, 0.1) is 38.5 Å². The van der Waals surface area contributed by atoms with Crippen molar-refractivity contribution in [1.29, 1.82) is 0 Å². The number of ether oxygens (including phenoxy) is 3. The third kappa shape index (κ3) is 9.90. The van der Waals surface area contributed by atoms with E-state index in [1.807, 2.05) is 20.8 Å². The molecule has 4 saturated heterocycles. The molecular formula is C21H37F3N4O6. The minimum absolute atomic E-state index is 0.193. The van der Waals surface area contributed by atoms with Gasteiger partial charge in [-0.3, -0.25) is 9.80 Å². The Bertz CT molecular complexity index is 639. The van der Waals surface area contributed by atoms with Crippen molar-refractivity contribution in [1.82, 2.24) is 20.0 Å². The zero-order valence-corrected chi connectivity index (χ0v) is 20.1. The molecule has 4 heterocycles. The maximum atomic E-state index is 11.8. The van der Waals surface area contributed by atoms with Crippen molar-refractivity contribution in [3.05, 3.63) is 0 Å². The standard InChI is InChI=1S/C12H22N2O3.C7H14N2O.C2HF3O2/c1-12(2,3)17-11(15)14-6-4-13(5-7-14)10-8-16-9-10;1-3-9(4-2-8-1)7-5-10-6-7;3-2(4,5)1(6)7/h10H,4-9H2,1-3H3;7-8H,1-6H2;(H,6,7). The molecule has 1 amide bonds. The molecule has 13 heteroatoms. The lowest BCUT2D eigenvalue weighted by Gasteiger charge is -2.42. The van der Waals surface area contributed by atoms with E-state index in [1.54, 1.807) is 4.90 Å². The predicted octanol–water partition coefficient (Wildman–Crippen LogP) is 0.862. The fourth-order valence-electron chi connectivity index (χ4n) is 3.51. The van der Waals surface area contributed by atoms with Gasteiger partial charge in [-0.2, -0.15) is 13.2 Å². The minimum Gasteiger partial charge on any atom is -0.475 e. The highest BCUT2D eigenvalue weighted by atomic mass is 19.4. The SMILES string of the molecule is C1CN(C2COC2)CCN1.CC(C)(C)OC(=O)N1CCN(C2COC2)CC1.O=C(O)C(F)(F)F. The number of amides is 1. The lowest BCUT2D eigenvalue weighted by atomic mass is 10.2. The second kappa shape index (κ2) is 12.9. The molecular weight excluding hydrogens is 461 g/mol. The Morgan fingerprint density at radius 3 is 1.59 bits per heavy atom. The Morgan fingerprint density at radius 2 is 1.26 bits per heavy atom. The number of carboxylic acids is 1. The van der Waals surface area contributed by atoms with Gasteiger partial charge in [-0.15, -0.1) is 0 Å². The van der Waals surface area contributed by atoms with Crippen LogP contribution in [0.2, 0.25) is 0 Å². The van der Waals surface area contributed by atoms with E-state index in [9.17, 15) is 18.0 Å². The number of carboxylic acid groups (broad SMARTS) is 1. The van der Waals surface area contributed by atoms with E-state index in [2.05, 4.69) is 15.1 Å². The lowest BCUT2D eigenvalue weighted by Crippen LogP contribution is -2.57. The summed E-state index contributed by atoms with van der Waals surface area (Å²) in [5.74, 6) is -2.76. The number of piperazine rings is 2. The Labute approximate surface area is 198 Å². The van der Waals surface area contributed by atoms with Gasteiger partial charge in [0.2, 0.25) is 0 Å². The van der Waals surface area contributed by atoms with E-state index in [0.29, 0.717) is 6.04 Å². The van der Waals surface area contributed by atoms with Crippen LogP contribution < -0.4 is 5.32 Å². The van der Waals surface area contributed by atoms with E-state index in [0.717, 1.165) is 71.7 Å². The molecule has 0 saturated carbocycles. The second-order valence-electron chi connectivity index (χ2n) is 9.47. The molecule has 0 aliphatic carbocycles. The first kappa shape index (κ1) is 28.6. The Balaban J connectivity index is 0.000000203. The number of carbonyl (C=O) groups is 2. The molecule has 0 unspecified atom stereocenters. The van der Waals surface area contributed by atoms with Crippen LogP contribution in [-0.2, 0) is 19.0 Å². The molecule has 0 aromatic heterocycles. The molecule has 4 rings (SSSR count). The highest BCUT2D eigenvalue weighted by molar-refractivity contribution is 5.73. The molecule has 4 aliphatic rings. The summed E-state index contributed by atoms with van der Waals surface area (Å²) in [6.45, 7) is 17.3. The third-order valence-corrected chi connectivity index (χ3v) is 5.63. The Hall–Kier alpha value is -1.67. The normalized spacial score (nSPS) is 22.8. The maximum Gasteiger partial charge on any atom is 0.490 e. The van der Waals surface area contributed by atoms with Gasteiger partial charge in [0.1, 0.15) is 5.60 Å². The van der Waals surface area contributed by atoms with Crippen LogP contribution in [0.5, 0.6) is 0 Å². The van der Waals surface area contributed by atoms with Crippen molar-refractivity contribution < 1.29 is 42.1 Å². The van der Waals surface area contributed by atoms with E-state index >= 15 is 0 Å². The topological polar surface area (TPSA) is 104 Å². The van der Waals surface area contributed by atoms with Gasteiger partial charge in [-0.1, -0.05) is 0 Å². The third-order valence-electron chi connectivity index (χ3n) is 5.63. The van der Waals surface area contributed by atoms with Crippen LogP contribution in [-0.4, -0.2) is 135 Å². The Kier molecular flexibility index (Phi) is 10.8. The molecule has 0 atom stereocenters. The zero-order chi connectivity index (χ0) is 25.4. The van der Waals surface area contributed by atoms with Gasteiger partial charge in [0.25, 0.3) is 0 Å². The summed E-state index contributed by atoms with van der Waals surface area (Å²) in [7, 11) is 0. The van der Waals surface area contributed by atoms with Crippen molar-refractivity contribution >= 4 is 12.1 Å². The number of alkyl halides is 3. The smallest absolute Gasteiger partial charge is 0.475 e. The summed E-state index contributed by atoms with van der Waals surface area (Å²) in [6, 6.07) is 1.30. The molecule has 10 nitrogen and oxygen atoms in total. The van der Waals surface area contributed by atoms with Crippen LogP contribution in [0, 0.1) is 0 Å².